The number of hydrogen-bond acceptors (Lipinski definition) is 8. The molecule has 2 aromatic heterocycles. The van der Waals surface area contributed by atoms with Crippen LogP contribution in [0.15, 0.2) is 59.6 Å². The maximum Gasteiger partial charge on any atom is 0.265 e. The fraction of sp³-hybridized carbons (Fsp3) is 0.185. The zero-order valence-corrected chi connectivity index (χ0v) is 25.7. The fourth-order valence-corrected chi connectivity index (χ4v) is 6.33. The molecular weight excluding hydrogens is 632 g/mol. The van der Waals surface area contributed by atoms with E-state index in [-0.39, 0.29) is 43.2 Å². The van der Waals surface area contributed by atoms with Gasteiger partial charge in [-0.05, 0) is 61.9 Å². The van der Waals surface area contributed by atoms with Gasteiger partial charge in [0.05, 0.1) is 27.9 Å². The van der Waals surface area contributed by atoms with Crippen LogP contribution in [0, 0.1) is 18.6 Å². The molecule has 4 aromatic rings. The quantitative estimate of drug-likeness (QED) is 0.219. The zero-order chi connectivity index (χ0) is 31.0. The number of benzene rings is 2. The Bertz CT molecular complexity index is 1910. The smallest absolute Gasteiger partial charge is 0.265 e. The number of halogens is 3. The molecule has 0 radical (unpaired) electrons. The first kappa shape index (κ1) is 31.3. The molecule has 2 N–H and O–H groups in total. The van der Waals surface area contributed by atoms with Crippen LogP contribution < -0.4 is 14.8 Å². The molecule has 0 bridgehead atoms. The highest BCUT2D eigenvalue weighted by atomic mass is 35.5. The van der Waals surface area contributed by atoms with E-state index in [1.165, 1.54) is 30.3 Å². The lowest BCUT2D eigenvalue weighted by atomic mass is 10.1. The van der Waals surface area contributed by atoms with Gasteiger partial charge in [-0.3, -0.25) is 9.52 Å². The molecular formula is C27H24ClF2N3O6S3. The number of amides is 1. The van der Waals surface area contributed by atoms with Gasteiger partial charge in [-0.15, -0.1) is 11.3 Å². The standard InChI is InChI=1S/C27H24ClF2N3O6S3/c1-14(16-5-18(29)9-22(6-16)41(3,35)36)39-24-10-19(30)13-31-26(24)23-12-25(40-15(23)2)27(34)32-20-7-17(28)8-21(11-20)33-42(4,37)38/h5-14,33H,1-4H3,(H,32,34)/t14-/m0/s1. The van der Waals surface area contributed by atoms with E-state index in [4.69, 9.17) is 16.3 Å². The first-order valence-corrected chi connectivity index (χ1v) is 17.0. The summed E-state index contributed by atoms with van der Waals surface area (Å²) >= 11 is 7.21. The molecule has 0 fully saturated rings. The van der Waals surface area contributed by atoms with Gasteiger partial charge in [-0.2, -0.15) is 0 Å². The number of carbonyl (C=O) groups excluding carboxylic acids is 1. The number of sulfonamides is 1. The average molecular weight is 656 g/mol. The highest BCUT2D eigenvalue weighted by molar-refractivity contribution is 7.92. The SMILES string of the molecule is Cc1sc(C(=O)Nc2cc(Cl)cc(NS(C)(=O)=O)c2)cc1-c1ncc(F)cc1O[C@@H](C)c1cc(F)cc(S(C)(=O)=O)c1. The van der Waals surface area contributed by atoms with Crippen LogP contribution >= 0.6 is 22.9 Å². The Morgan fingerprint density at radius 2 is 1.67 bits per heavy atom. The van der Waals surface area contributed by atoms with Gasteiger partial charge in [0.2, 0.25) is 10.0 Å². The van der Waals surface area contributed by atoms with Gasteiger partial charge in [0, 0.05) is 33.5 Å². The second-order valence-electron chi connectivity index (χ2n) is 9.39. The summed E-state index contributed by atoms with van der Waals surface area (Å²) in [5.74, 6) is -2.01. The van der Waals surface area contributed by atoms with Crippen molar-refractivity contribution in [3.8, 4) is 17.0 Å². The number of sulfone groups is 1. The number of ether oxygens (including phenoxy) is 1. The summed E-state index contributed by atoms with van der Waals surface area (Å²) in [4.78, 5) is 17.9. The monoisotopic (exact) mass is 655 g/mol. The van der Waals surface area contributed by atoms with Crippen molar-refractivity contribution in [1.82, 2.24) is 4.98 Å². The Kier molecular flexibility index (Phi) is 8.92. The van der Waals surface area contributed by atoms with E-state index in [0.29, 0.717) is 10.4 Å². The molecule has 0 saturated heterocycles. The van der Waals surface area contributed by atoms with Gasteiger partial charge in [-0.25, -0.2) is 30.6 Å². The number of nitrogens with one attached hydrogen (secondary N) is 2. The summed E-state index contributed by atoms with van der Waals surface area (Å²) in [6.45, 7) is 3.28. The second kappa shape index (κ2) is 12.0. The molecule has 222 valence electrons. The molecule has 0 aliphatic carbocycles. The first-order valence-electron chi connectivity index (χ1n) is 12.0. The van der Waals surface area contributed by atoms with Gasteiger partial charge in [0.25, 0.3) is 5.91 Å². The molecule has 0 aliphatic heterocycles. The third-order valence-corrected chi connectivity index (χ3v) is 8.74. The molecule has 4 rings (SSSR count). The number of aromatic nitrogens is 1. The topological polar surface area (TPSA) is 132 Å². The Labute approximate surface area is 250 Å². The zero-order valence-electron chi connectivity index (χ0n) is 22.5. The largest absolute Gasteiger partial charge is 0.484 e. The Morgan fingerprint density at radius 3 is 2.33 bits per heavy atom. The Hall–Kier alpha value is -3.59. The van der Waals surface area contributed by atoms with E-state index in [1.54, 1.807) is 13.8 Å². The van der Waals surface area contributed by atoms with Crippen LogP contribution in [-0.2, 0) is 19.9 Å². The third-order valence-electron chi connectivity index (χ3n) is 5.77. The van der Waals surface area contributed by atoms with E-state index in [1.807, 2.05) is 0 Å². The normalized spacial score (nSPS) is 12.5. The van der Waals surface area contributed by atoms with Crippen molar-refractivity contribution in [3.63, 3.8) is 0 Å². The summed E-state index contributed by atoms with van der Waals surface area (Å²) in [7, 11) is -7.28. The lowest BCUT2D eigenvalue weighted by Gasteiger charge is -2.18. The van der Waals surface area contributed by atoms with Gasteiger partial charge in [-0.1, -0.05) is 11.6 Å². The van der Waals surface area contributed by atoms with Gasteiger partial charge < -0.3 is 10.1 Å². The van der Waals surface area contributed by atoms with Crippen LogP contribution in [0.25, 0.3) is 11.3 Å². The van der Waals surface area contributed by atoms with E-state index >= 15 is 0 Å². The number of anilines is 2. The van der Waals surface area contributed by atoms with Crippen molar-refractivity contribution < 1.29 is 35.1 Å². The predicted octanol–water partition coefficient (Wildman–Crippen LogP) is 6.22. The molecule has 15 heteroatoms. The molecule has 9 nitrogen and oxygen atoms in total. The maximum absolute atomic E-state index is 14.2. The number of nitrogens with zero attached hydrogens (tertiary/aromatic N) is 1. The number of carbonyl (C=O) groups is 1. The molecule has 1 amide bonds. The minimum absolute atomic E-state index is 0.00754. The molecule has 42 heavy (non-hydrogen) atoms. The van der Waals surface area contributed by atoms with Gasteiger partial charge in [0.15, 0.2) is 9.84 Å². The van der Waals surface area contributed by atoms with Crippen molar-refractivity contribution in [2.24, 2.45) is 0 Å². The van der Waals surface area contributed by atoms with Crippen LogP contribution in [0.2, 0.25) is 5.02 Å². The first-order chi connectivity index (χ1) is 19.5. The number of hydrogen-bond donors (Lipinski definition) is 2. The summed E-state index contributed by atoms with van der Waals surface area (Å²) in [5, 5.41) is 2.86. The summed E-state index contributed by atoms with van der Waals surface area (Å²) in [5.41, 5.74) is 1.29. The maximum atomic E-state index is 14.2. The number of rotatable bonds is 9. The van der Waals surface area contributed by atoms with E-state index in [0.717, 1.165) is 48.2 Å². The van der Waals surface area contributed by atoms with Crippen molar-refractivity contribution in [1.29, 1.82) is 0 Å². The van der Waals surface area contributed by atoms with Gasteiger partial charge >= 0.3 is 0 Å². The van der Waals surface area contributed by atoms with Crippen LogP contribution in [0.3, 0.4) is 0 Å². The van der Waals surface area contributed by atoms with Crippen LogP contribution in [0.1, 0.15) is 33.1 Å². The lowest BCUT2D eigenvalue weighted by molar-refractivity contribution is 0.103. The molecule has 0 unspecified atom stereocenters. The molecule has 0 saturated carbocycles. The van der Waals surface area contributed by atoms with Crippen molar-refractivity contribution in [3.05, 3.63) is 86.7 Å². The Morgan fingerprint density at radius 1 is 0.976 bits per heavy atom. The number of thiophene rings is 1. The third kappa shape index (κ3) is 7.82. The fourth-order valence-electron chi connectivity index (χ4n) is 3.96. The highest BCUT2D eigenvalue weighted by Gasteiger charge is 2.22. The van der Waals surface area contributed by atoms with Gasteiger partial charge in [0.1, 0.15) is 29.2 Å². The lowest BCUT2D eigenvalue weighted by Crippen LogP contribution is -2.12. The Balaban J connectivity index is 1.63. The minimum atomic E-state index is -3.70. The van der Waals surface area contributed by atoms with Crippen LogP contribution in [-0.4, -0.2) is 40.2 Å². The predicted molar refractivity (Wildman–Crippen MR) is 159 cm³/mol. The van der Waals surface area contributed by atoms with Crippen molar-refractivity contribution >= 4 is 60.1 Å². The molecule has 2 heterocycles. The molecule has 1 atom stereocenters. The number of aryl methyl sites for hydroxylation is 1. The van der Waals surface area contributed by atoms with Crippen molar-refractivity contribution in [2.45, 2.75) is 24.8 Å². The molecule has 0 spiro atoms. The van der Waals surface area contributed by atoms with Crippen LogP contribution in [0.5, 0.6) is 5.75 Å². The summed E-state index contributed by atoms with van der Waals surface area (Å²) in [6.07, 6.45) is 2.02. The van der Waals surface area contributed by atoms with Crippen molar-refractivity contribution in [2.75, 3.05) is 22.6 Å². The highest BCUT2D eigenvalue weighted by Crippen LogP contribution is 2.38. The average Bonchev–Trinajstić information content (AvgIpc) is 3.23. The summed E-state index contributed by atoms with van der Waals surface area (Å²) < 4.78 is 83.8. The molecule has 0 aliphatic rings. The summed E-state index contributed by atoms with van der Waals surface area (Å²) in [6, 6.07) is 10.2. The van der Waals surface area contributed by atoms with E-state index in [9.17, 15) is 30.4 Å². The van der Waals surface area contributed by atoms with Crippen LogP contribution in [0.4, 0.5) is 20.2 Å². The molecule has 2 aromatic carbocycles. The minimum Gasteiger partial charge on any atom is -0.484 e. The van der Waals surface area contributed by atoms with E-state index in [2.05, 4.69) is 15.0 Å². The van der Waals surface area contributed by atoms with E-state index < -0.39 is 43.5 Å². The second-order valence-corrected chi connectivity index (χ2v) is 14.8. The number of pyridine rings is 1.